The van der Waals surface area contributed by atoms with Gasteiger partial charge >= 0.3 is 5.97 Å². The molecule has 142 valence electrons. The van der Waals surface area contributed by atoms with Crippen molar-refractivity contribution in [2.75, 3.05) is 26.2 Å². The van der Waals surface area contributed by atoms with Gasteiger partial charge in [-0.25, -0.2) is 0 Å². The highest BCUT2D eigenvalue weighted by molar-refractivity contribution is 9.10. The molecule has 1 aromatic carbocycles. The molecule has 1 aromatic rings. The number of esters is 1. The van der Waals surface area contributed by atoms with Crippen LogP contribution < -0.4 is 5.32 Å². The Balaban J connectivity index is 1.54. The van der Waals surface area contributed by atoms with Gasteiger partial charge in [0, 0.05) is 36.1 Å². The lowest BCUT2D eigenvalue weighted by Gasteiger charge is -2.33. The maximum atomic E-state index is 11.9. The van der Waals surface area contributed by atoms with Gasteiger partial charge in [-0.15, -0.1) is 0 Å². The van der Waals surface area contributed by atoms with Crippen LogP contribution >= 0.6 is 15.9 Å². The zero-order valence-electron chi connectivity index (χ0n) is 15.6. The van der Waals surface area contributed by atoms with Crippen molar-refractivity contribution >= 4 is 27.9 Å². The molecule has 2 atom stereocenters. The molecule has 0 radical (unpaired) electrons. The van der Waals surface area contributed by atoms with Gasteiger partial charge in [0.15, 0.2) is 5.96 Å². The molecule has 1 saturated carbocycles. The fourth-order valence-electron chi connectivity index (χ4n) is 3.57. The van der Waals surface area contributed by atoms with Crippen LogP contribution in [0.25, 0.3) is 0 Å². The summed E-state index contributed by atoms with van der Waals surface area (Å²) in [4.78, 5) is 18.9. The van der Waals surface area contributed by atoms with Crippen molar-refractivity contribution in [2.24, 2.45) is 10.9 Å². The van der Waals surface area contributed by atoms with E-state index in [0.29, 0.717) is 18.6 Å². The first kappa shape index (κ1) is 19.2. The fourth-order valence-corrected chi connectivity index (χ4v) is 3.84. The lowest BCUT2D eigenvalue weighted by molar-refractivity contribution is -0.149. The fraction of sp³-hybridized carbons (Fsp3) is 0.600. The summed E-state index contributed by atoms with van der Waals surface area (Å²) in [6.45, 7) is 6.85. The Kier molecular flexibility index (Phi) is 6.57. The van der Waals surface area contributed by atoms with Crippen LogP contribution in [0.15, 0.2) is 33.7 Å². The molecule has 1 saturated heterocycles. The van der Waals surface area contributed by atoms with Crippen LogP contribution in [0.2, 0.25) is 0 Å². The van der Waals surface area contributed by atoms with Crippen molar-refractivity contribution < 1.29 is 9.53 Å². The highest BCUT2D eigenvalue weighted by atomic mass is 79.9. The molecule has 1 aliphatic heterocycles. The minimum Gasteiger partial charge on any atom is -0.466 e. The number of guanidine groups is 1. The van der Waals surface area contributed by atoms with E-state index in [1.54, 1.807) is 0 Å². The number of carbonyl (C=O) groups is 1. The molecule has 5 nitrogen and oxygen atoms in total. The molecular weight excluding hydrogens is 394 g/mol. The quantitative estimate of drug-likeness (QED) is 0.448. The first-order chi connectivity index (χ1) is 12.6. The molecular formula is C20H28BrN3O2. The first-order valence-electron chi connectivity index (χ1n) is 9.60. The van der Waals surface area contributed by atoms with Gasteiger partial charge in [0.1, 0.15) is 0 Å². The van der Waals surface area contributed by atoms with E-state index in [-0.39, 0.29) is 11.9 Å². The lowest BCUT2D eigenvalue weighted by atomic mass is 9.97. The van der Waals surface area contributed by atoms with Gasteiger partial charge in [0.25, 0.3) is 0 Å². The molecule has 6 heteroatoms. The van der Waals surface area contributed by atoms with Gasteiger partial charge in [-0.2, -0.15) is 0 Å². The molecule has 26 heavy (non-hydrogen) atoms. The number of ether oxygens (including phenoxy) is 1. The van der Waals surface area contributed by atoms with E-state index in [2.05, 4.69) is 62.3 Å². The normalized spacial score (nSPS) is 23.7. The smallest absolute Gasteiger partial charge is 0.309 e. The topological polar surface area (TPSA) is 53.9 Å². The number of benzene rings is 1. The third-order valence-electron chi connectivity index (χ3n) is 5.13. The highest BCUT2D eigenvalue weighted by Gasteiger charge is 2.40. The van der Waals surface area contributed by atoms with Gasteiger partial charge in [-0.05, 0) is 50.8 Å². The van der Waals surface area contributed by atoms with Crippen LogP contribution in [0.4, 0.5) is 0 Å². The van der Waals surface area contributed by atoms with Crippen LogP contribution in [0.5, 0.6) is 0 Å². The number of hydrogen-bond donors (Lipinski definition) is 1. The summed E-state index contributed by atoms with van der Waals surface area (Å²) in [5.74, 6) is 1.53. The largest absolute Gasteiger partial charge is 0.466 e. The summed E-state index contributed by atoms with van der Waals surface area (Å²) in [5, 5.41) is 3.64. The molecule has 2 unspecified atom stereocenters. The molecule has 0 amide bonds. The van der Waals surface area contributed by atoms with Crippen molar-refractivity contribution in [1.82, 2.24) is 10.2 Å². The Bertz CT molecular complexity index is 639. The zero-order valence-corrected chi connectivity index (χ0v) is 17.2. The number of hydrogen-bond acceptors (Lipinski definition) is 3. The number of piperidine rings is 1. The number of nitrogens with one attached hydrogen (secondary N) is 1. The lowest BCUT2D eigenvalue weighted by Crippen LogP contribution is -2.47. The standard InChI is InChI=1S/C20H28BrN3O2/c1-3-22-20(24-11-9-15(10-12-24)19(25)26-4-2)23-18-13-17(18)14-5-7-16(21)8-6-14/h5-8,15,17-18H,3-4,9-13H2,1-2H3,(H,22,23). The summed E-state index contributed by atoms with van der Waals surface area (Å²) in [6, 6.07) is 9.04. The number of rotatable bonds is 5. The Morgan fingerprint density at radius 1 is 1.27 bits per heavy atom. The van der Waals surface area contributed by atoms with E-state index in [4.69, 9.17) is 4.74 Å². The maximum absolute atomic E-state index is 11.9. The predicted molar refractivity (Wildman–Crippen MR) is 107 cm³/mol. The zero-order chi connectivity index (χ0) is 18.5. The van der Waals surface area contributed by atoms with E-state index in [0.717, 1.165) is 49.3 Å². The molecule has 2 aliphatic rings. The summed E-state index contributed by atoms with van der Waals surface area (Å²) in [7, 11) is 0. The molecule has 0 bridgehead atoms. The van der Waals surface area contributed by atoms with E-state index in [1.165, 1.54) is 5.56 Å². The van der Waals surface area contributed by atoms with E-state index in [1.807, 2.05) is 6.92 Å². The molecule has 2 fully saturated rings. The predicted octanol–water partition coefficient (Wildman–Crippen LogP) is 3.55. The number of nitrogens with zero attached hydrogens (tertiary/aromatic N) is 2. The monoisotopic (exact) mass is 421 g/mol. The molecule has 0 aromatic heterocycles. The Morgan fingerprint density at radius 3 is 2.58 bits per heavy atom. The maximum Gasteiger partial charge on any atom is 0.309 e. The van der Waals surface area contributed by atoms with Gasteiger partial charge in [0.2, 0.25) is 0 Å². The van der Waals surface area contributed by atoms with Crippen molar-refractivity contribution in [3.63, 3.8) is 0 Å². The molecule has 0 spiro atoms. The third kappa shape index (κ3) is 4.78. The summed E-state index contributed by atoms with van der Waals surface area (Å²) < 4.78 is 6.28. The van der Waals surface area contributed by atoms with Crippen LogP contribution in [0.1, 0.15) is 44.6 Å². The second kappa shape index (κ2) is 8.89. The average molecular weight is 422 g/mol. The first-order valence-corrected chi connectivity index (χ1v) is 10.4. The SMILES string of the molecule is CCN=C(NC1CC1c1ccc(Br)cc1)N1CCC(C(=O)OCC)CC1. The Labute approximate surface area is 164 Å². The minimum atomic E-state index is -0.0495. The second-order valence-corrected chi connectivity index (χ2v) is 7.87. The molecule has 1 aliphatic carbocycles. The molecule has 3 rings (SSSR count). The van der Waals surface area contributed by atoms with Crippen LogP contribution in [0, 0.1) is 5.92 Å². The van der Waals surface area contributed by atoms with Gasteiger partial charge in [-0.3, -0.25) is 9.79 Å². The van der Waals surface area contributed by atoms with Crippen LogP contribution in [-0.4, -0.2) is 49.1 Å². The highest BCUT2D eigenvalue weighted by Crippen LogP contribution is 2.41. The van der Waals surface area contributed by atoms with Crippen molar-refractivity contribution in [3.8, 4) is 0 Å². The molecule has 1 N–H and O–H groups in total. The number of halogens is 1. The summed E-state index contributed by atoms with van der Waals surface area (Å²) >= 11 is 3.49. The van der Waals surface area contributed by atoms with Gasteiger partial charge < -0.3 is 15.0 Å². The van der Waals surface area contributed by atoms with E-state index in [9.17, 15) is 4.79 Å². The van der Waals surface area contributed by atoms with Gasteiger partial charge in [-0.1, -0.05) is 28.1 Å². The van der Waals surface area contributed by atoms with Crippen LogP contribution in [-0.2, 0) is 9.53 Å². The summed E-state index contributed by atoms with van der Waals surface area (Å²) in [5.41, 5.74) is 1.38. The van der Waals surface area contributed by atoms with Crippen LogP contribution in [0.3, 0.4) is 0 Å². The molecule has 1 heterocycles. The van der Waals surface area contributed by atoms with Crippen molar-refractivity contribution in [3.05, 3.63) is 34.3 Å². The minimum absolute atomic E-state index is 0.0329. The average Bonchev–Trinajstić information content (AvgIpc) is 3.41. The van der Waals surface area contributed by atoms with Crippen molar-refractivity contribution in [1.29, 1.82) is 0 Å². The second-order valence-electron chi connectivity index (χ2n) is 6.96. The van der Waals surface area contributed by atoms with Crippen molar-refractivity contribution in [2.45, 2.75) is 45.1 Å². The summed E-state index contributed by atoms with van der Waals surface area (Å²) in [6.07, 6.45) is 2.82. The number of aliphatic imine (C=N–C) groups is 1. The van der Waals surface area contributed by atoms with E-state index < -0.39 is 0 Å². The number of carbonyl (C=O) groups excluding carboxylic acids is 1. The Morgan fingerprint density at radius 2 is 1.96 bits per heavy atom. The third-order valence-corrected chi connectivity index (χ3v) is 5.65. The Hall–Kier alpha value is -1.56. The van der Waals surface area contributed by atoms with Gasteiger partial charge in [0.05, 0.1) is 12.5 Å². The van der Waals surface area contributed by atoms with E-state index >= 15 is 0 Å². The number of likely N-dealkylation sites (tertiary alicyclic amines) is 1.